The molecule has 1 atom stereocenters. The molecule has 0 bridgehead atoms. The van der Waals surface area contributed by atoms with Crippen LogP contribution >= 0.6 is 11.8 Å². The molecule has 0 saturated carbocycles. The average Bonchev–Trinajstić information content (AvgIpc) is 2.69. The third-order valence-corrected chi connectivity index (χ3v) is 5.81. The molecule has 0 amide bonds. The molecule has 0 fully saturated rings. The fraction of sp³-hybridized carbons (Fsp3) is 0.286. The number of ketones is 1. The second-order valence-electron chi connectivity index (χ2n) is 5.95. The SMILES string of the molecule is O=C1CCCC/C=C\CC1(Sc1ccccc1)c1ccccc1. The van der Waals surface area contributed by atoms with Crippen molar-refractivity contribution in [2.45, 2.75) is 41.7 Å². The summed E-state index contributed by atoms with van der Waals surface area (Å²) < 4.78 is -0.510. The van der Waals surface area contributed by atoms with Gasteiger partial charge >= 0.3 is 0 Å². The van der Waals surface area contributed by atoms with Crippen LogP contribution < -0.4 is 0 Å². The van der Waals surface area contributed by atoms with E-state index in [1.54, 1.807) is 11.8 Å². The molecule has 2 aromatic carbocycles. The van der Waals surface area contributed by atoms with Crippen molar-refractivity contribution in [3.63, 3.8) is 0 Å². The number of hydrogen-bond acceptors (Lipinski definition) is 2. The average molecular weight is 322 g/mol. The maximum absolute atomic E-state index is 13.2. The standard InChI is InChI=1S/C21H22OS/c22-20-16-10-2-1-3-11-17-21(20,18-12-6-4-7-13-18)23-19-14-8-5-9-15-19/h3-9,11-15H,1-2,10,16-17H2/b11-3-. The number of carbonyl (C=O) groups is 1. The molecule has 1 aliphatic carbocycles. The summed E-state index contributed by atoms with van der Waals surface area (Å²) in [7, 11) is 0. The Labute approximate surface area is 142 Å². The van der Waals surface area contributed by atoms with Crippen LogP contribution in [0.2, 0.25) is 0 Å². The molecule has 1 nitrogen and oxygen atoms in total. The number of Topliss-reactive ketones (excluding diaryl/α,β-unsaturated/α-hetero) is 1. The second-order valence-corrected chi connectivity index (χ2v) is 7.33. The van der Waals surface area contributed by atoms with Gasteiger partial charge < -0.3 is 0 Å². The van der Waals surface area contributed by atoms with Crippen LogP contribution in [0.4, 0.5) is 0 Å². The molecule has 2 heteroatoms. The number of hydrogen-bond donors (Lipinski definition) is 0. The molecule has 0 spiro atoms. The van der Waals surface area contributed by atoms with Crippen molar-refractivity contribution in [2.24, 2.45) is 0 Å². The summed E-state index contributed by atoms with van der Waals surface area (Å²) in [5.74, 6) is 0.351. The summed E-state index contributed by atoms with van der Waals surface area (Å²) in [6.45, 7) is 0. The van der Waals surface area contributed by atoms with Gasteiger partial charge in [0.25, 0.3) is 0 Å². The Balaban J connectivity index is 2.05. The monoisotopic (exact) mass is 322 g/mol. The van der Waals surface area contributed by atoms with Crippen molar-refractivity contribution in [3.8, 4) is 0 Å². The predicted molar refractivity (Wildman–Crippen MR) is 97.7 cm³/mol. The largest absolute Gasteiger partial charge is 0.298 e. The summed E-state index contributed by atoms with van der Waals surface area (Å²) in [6.07, 6.45) is 9.02. The van der Waals surface area contributed by atoms with Gasteiger partial charge in [-0.3, -0.25) is 4.79 Å². The van der Waals surface area contributed by atoms with Crippen molar-refractivity contribution in [2.75, 3.05) is 0 Å². The van der Waals surface area contributed by atoms with E-state index in [9.17, 15) is 4.79 Å². The number of rotatable bonds is 3. The van der Waals surface area contributed by atoms with E-state index in [0.717, 1.165) is 36.1 Å². The third kappa shape index (κ3) is 3.76. The van der Waals surface area contributed by atoms with Crippen molar-refractivity contribution in [1.29, 1.82) is 0 Å². The Morgan fingerprint density at radius 2 is 1.52 bits per heavy atom. The quantitative estimate of drug-likeness (QED) is 0.668. The van der Waals surface area contributed by atoms with E-state index >= 15 is 0 Å². The highest BCUT2D eigenvalue weighted by molar-refractivity contribution is 8.01. The highest BCUT2D eigenvalue weighted by Gasteiger charge is 2.39. The van der Waals surface area contributed by atoms with Gasteiger partial charge in [-0.15, -0.1) is 11.8 Å². The maximum atomic E-state index is 13.2. The molecular weight excluding hydrogens is 300 g/mol. The first-order valence-electron chi connectivity index (χ1n) is 8.29. The smallest absolute Gasteiger partial charge is 0.154 e. The number of carbonyl (C=O) groups excluding carboxylic acids is 1. The van der Waals surface area contributed by atoms with Crippen LogP contribution in [0, 0.1) is 0 Å². The molecule has 0 heterocycles. The predicted octanol–water partition coefficient (Wildman–Crippen LogP) is 5.76. The van der Waals surface area contributed by atoms with E-state index in [2.05, 4.69) is 36.4 Å². The lowest BCUT2D eigenvalue weighted by Gasteiger charge is -2.31. The highest BCUT2D eigenvalue weighted by atomic mass is 32.2. The van der Waals surface area contributed by atoms with Crippen LogP contribution in [0.1, 0.15) is 37.7 Å². The van der Waals surface area contributed by atoms with Crippen LogP contribution in [0.3, 0.4) is 0 Å². The Kier molecular flexibility index (Phi) is 5.35. The van der Waals surface area contributed by atoms with Gasteiger partial charge in [0.05, 0.1) is 0 Å². The zero-order valence-corrected chi connectivity index (χ0v) is 14.1. The van der Waals surface area contributed by atoms with Gasteiger partial charge in [0.2, 0.25) is 0 Å². The molecular formula is C21H22OS. The summed E-state index contributed by atoms with van der Waals surface area (Å²) in [5, 5.41) is 0. The molecule has 0 aliphatic heterocycles. The zero-order valence-electron chi connectivity index (χ0n) is 13.3. The van der Waals surface area contributed by atoms with E-state index in [0.29, 0.717) is 12.2 Å². The summed E-state index contributed by atoms with van der Waals surface area (Å²) in [6, 6.07) is 20.6. The lowest BCUT2D eigenvalue weighted by molar-refractivity contribution is -0.121. The van der Waals surface area contributed by atoms with Gasteiger partial charge in [-0.05, 0) is 43.4 Å². The first kappa shape index (κ1) is 16.1. The van der Waals surface area contributed by atoms with E-state index in [1.807, 2.05) is 36.4 Å². The minimum Gasteiger partial charge on any atom is -0.298 e. The van der Waals surface area contributed by atoms with Crippen LogP contribution in [-0.4, -0.2) is 5.78 Å². The number of allylic oxidation sites excluding steroid dienone is 2. The lowest BCUT2D eigenvalue weighted by Crippen LogP contribution is -2.32. The first-order chi connectivity index (χ1) is 11.3. The van der Waals surface area contributed by atoms with Gasteiger partial charge in [0.1, 0.15) is 4.75 Å². The van der Waals surface area contributed by atoms with E-state index in [1.165, 1.54) is 0 Å². The zero-order chi connectivity index (χ0) is 16.0. The van der Waals surface area contributed by atoms with Crippen molar-refractivity contribution >= 4 is 17.5 Å². The minimum atomic E-state index is -0.510. The van der Waals surface area contributed by atoms with Crippen LogP contribution in [0.15, 0.2) is 77.7 Å². The van der Waals surface area contributed by atoms with Crippen molar-refractivity contribution < 1.29 is 4.79 Å². The van der Waals surface area contributed by atoms with Crippen molar-refractivity contribution in [1.82, 2.24) is 0 Å². The third-order valence-electron chi connectivity index (χ3n) is 4.32. The fourth-order valence-electron chi connectivity index (χ4n) is 3.06. The molecule has 0 saturated heterocycles. The van der Waals surface area contributed by atoms with Gasteiger partial charge in [-0.1, -0.05) is 60.7 Å². The normalized spacial score (nSPS) is 23.6. The molecule has 0 aromatic heterocycles. The summed E-state index contributed by atoms with van der Waals surface area (Å²) >= 11 is 1.70. The van der Waals surface area contributed by atoms with Gasteiger partial charge in [-0.2, -0.15) is 0 Å². The van der Waals surface area contributed by atoms with Crippen LogP contribution in [0.25, 0.3) is 0 Å². The number of benzene rings is 2. The molecule has 1 unspecified atom stereocenters. The molecule has 1 aliphatic rings. The summed E-state index contributed by atoms with van der Waals surface area (Å²) in [4.78, 5) is 14.3. The molecule has 0 N–H and O–H groups in total. The molecule has 2 aromatic rings. The summed E-state index contributed by atoms with van der Waals surface area (Å²) in [5.41, 5.74) is 1.12. The maximum Gasteiger partial charge on any atom is 0.154 e. The molecule has 0 radical (unpaired) electrons. The van der Waals surface area contributed by atoms with Crippen LogP contribution in [-0.2, 0) is 9.54 Å². The van der Waals surface area contributed by atoms with Crippen molar-refractivity contribution in [3.05, 3.63) is 78.4 Å². The Hall–Kier alpha value is -1.80. The van der Waals surface area contributed by atoms with Gasteiger partial charge in [0.15, 0.2) is 5.78 Å². The van der Waals surface area contributed by atoms with Gasteiger partial charge in [-0.25, -0.2) is 0 Å². The Morgan fingerprint density at radius 1 is 0.826 bits per heavy atom. The second kappa shape index (κ2) is 7.65. The lowest BCUT2D eigenvalue weighted by atomic mass is 9.88. The fourth-order valence-corrected chi connectivity index (χ4v) is 4.41. The Bertz CT molecular complexity index is 663. The molecule has 3 rings (SSSR count). The highest BCUT2D eigenvalue weighted by Crippen LogP contribution is 2.46. The molecule has 23 heavy (non-hydrogen) atoms. The van der Waals surface area contributed by atoms with E-state index in [-0.39, 0.29) is 0 Å². The Morgan fingerprint density at radius 3 is 2.26 bits per heavy atom. The molecule has 118 valence electrons. The number of thioether (sulfide) groups is 1. The topological polar surface area (TPSA) is 17.1 Å². The first-order valence-corrected chi connectivity index (χ1v) is 9.11. The van der Waals surface area contributed by atoms with Crippen LogP contribution in [0.5, 0.6) is 0 Å². The van der Waals surface area contributed by atoms with E-state index in [4.69, 9.17) is 0 Å². The van der Waals surface area contributed by atoms with E-state index < -0.39 is 4.75 Å². The van der Waals surface area contributed by atoms with Gasteiger partial charge in [0, 0.05) is 11.3 Å². The minimum absolute atomic E-state index is 0.351.